The van der Waals surface area contributed by atoms with Crippen molar-refractivity contribution in [3.8, 4) is 0 Å². The van der Waals surface area contributed by atoms with Gasteiger partial charge in [0, 0.05) is 14.3 Å². The Morgan fingerprint density at radius 1 is 0.700 bits per heavy atom. The Bertz CT molecular complexity index is 2040. The molecule has 4 atom stereocenters. The van der Waals surface area contributed by atoms with Gasteiger partial charge in [-0.25, -0.2) is 14.4 Å². The maximum atomic E-state index is 13.8. The molecular weight excluding hydrogens is 718 g/mol. The Hall–Kier alpha value is -4.90. The summed E-state index contributed by atoms with van der Waals surface area (Å²) in [5, 5.41) is 0. The second kappa shape index (κ2) is 14.5. The molecule has 0 bridgehead atoms. The van der Waals surface area contributed by atoms with Crippen molar-refractivity contribution in [1.82, 2.24) is 0 Å². The van der Waals surface area contributed by atoms with Gasteiger partial charge in [0.15, 0.2) is 18.4 Å². The minimum absolute atomic E-state index is 0.272. The molecule has 8 nitrogen and oxygen atoms in total. The van der Waals surface area contributed by atoms with Crippen LogP contribution in [0.5, 0.6) is 0 Å². The summed E-state index contributed by atoms with van der Waals surface area (Å²) in [6.45, 7) is 3.80. The summed E-state index contributed by atoms with van der Waals surface area (Å²) < 4.78 is 26.0. The molecule has 1 fully saturated rings. The molecule has 252 valence electrons. The van der Waals surface area contributed by atoms with Crippen molar-refractivity contribution in [2.45, 2.75) is 48.2 Å². The third kappa shape index (κ3) is 6.92. The Morgan fingerprint density at radius 3 is 1.86 bits per heavy atom. The molecule has 5 aromatic rings. The number of hydrogen-bond donors (Lipinski definition) is 0. The van der Waals surface area contributed by atoms with Gasteiger partial charge in [-0.1, -0.05) is 88.4 Å². The summed E-state index contributed by atoms with van der Waals surface area (Å²) in [7, 11) is 0. The van der Waals surface area contributed by atoms with Crippen LogP contribution in [0.3, 0.4) is 0 Å². The van der Waals surface area contributed by atoms with E-state index in [1.807, 2.05) is 36.1 Å². The highest BCUT2D eigenvalue weighted by Crippen LogP contribution is 2.53. The monoisotopic (exact) mass is 749 g/mol. The first-order valence-corrected chi connectivity index (χ1v) is 17.7. The number of nitrogens with zero attached hydrogens (tertiary/aromatic N) is 1. The molecule has 2 heterocycles. The molecule has 0 spiro atoms. The number of carbonyl (C=O) groups excluding carboxylic acids is 3. The van der Waals surface area contributed by atoms with Crippen LogP contribution in [-0.4, -0.2) is 49.1 Å². The molecule has 10 heteroatoms. The number of ether oxygens (including phenoxy) is 4. The fourth-order valence-corrected chi connectivity index (χ4v) is 7.86. The topological polar surface area (TPSA) is 91.4 Å². The normalized spacial score (nSPS) is 19.2. The summed E-state index contributed by atoms with van der Waals surface area (Å²) in [4.78, 5) is 44.5. The molecule has 5 aromatic carbocycles. The van der Waals surface area contributed by atoms with E-state index in [0.29, 0.717) is 16.7 Å². The summed E-state index contributed by atoms with van der Waals surface area (Å²) in [5.74, 6) is -1.81. The van der Waals surface area contributed by atoms with Crippen LogP contribution in [-0.2, 0) is 18.9 Å². The van der Waals surface area contributed by atoms with Gasteiger partial charge in [0.1, 0.15) is 12.7 Å². The molecule has 1 saturated heterocycles. The number of anilines is 2. The van der Waals surface area contributed by atoms with Crippen LogP contribution >= 0.6 is 27.7 Å². The number of halogens is 1. The van der Waals surface area contributed by atoms with Crippen molar-refractivity contribution in [3.63, 3.8) is 0 Å². The minimum atomic E-state index is -1.16. The Morgan fingerprint density at radius 2 is 1.26 bits per heavy atom. The molecule has 0 amide bonds. The van der Waals surface area contributed by atoms with Gasteiger partial charge in [-0.05, 0) is 85.6 Å². The first kappa shape index (κ1) is 33.6. The van der Waals surface area contributed by atoms with Crippen molar-refractivity contribution in [2.24, 2.45) is 0 Å². The SMILES string of the molecule is Cc1cc(C)c2c(c1)N([C@@H]1O[C@H](COC(=O)c3ccccc3)[C@@H](OC(=O)c3ccccc3)[C@H]1OC(=O)c1ccccc1)c1ccc(Br)cc1S2. The summed E-state index contributed by atoms with van der Waals surface area (Å²) >= 11 is 5.26. The second-order valence-corrected chi connectivity index (χ2v) is 14.0. The van der Waals surface area contributed by atoms with Crippen molar-refractivity contribution in [1.29, 1.82) is 0 Å². The number of hydrogen-bond acceptors (Lipinski definition) is 9. The highest BCUT2D eigenvalue weighted by Gasteiger charge is 2.54. The molecule has 0 N–H and O–H groups in total. The summed E-state index contributed by atoms with van der Waals surface area (Å²) in [6.07, 6.45) is -4.30. The molecule has 0 saturated carbocycles. The summed E-state index contributed by atoms with van der Waals surface area (Å²) in [6, 6.07) is 35.9. The van der Waals surface area contributed by atoms with Crippen LogP contribution in [0.1, 0.15) is 42.2 Å². The molecular formula is C40H32BrNO7S. The first-order chi connectivity index (χ1) is 24.3. The van der Waals surface area contributed by atoms with E-state index < -0.39 is 42.4 Å². The van der Waals surface area contributed by atoms with Crippen LogP contribution in [0.4, 0.5) is 11.4 Å². The fraction of sp³-hybridized carbons (Fsp3) is 0.175. The van der Waals surface area contributed by atoms with E-state index in [2.05, 4.69) is 35.0 Å². The van der Waals surface area contributed by atoms with E-state index in [-0.39, 0.29) is 6.61 Å². The lowest BCUT2D eigenvalue weighted by molar-refractivity contribution is -0.0446. The first-order valence-electron chi connectivity index (χ1n) is 16.0. The zero-order valence-corrected chi connectivity index (χ0v) is 29.6. The Kier molecular flexibility index (Phi) is 9.76. The Balaban J connectivity index is 1.33. The lowest BCUT2D eigenvalue weighted by atomic mass is 10.1. The zero-order valence-electron chi connectivity index (χ0n) is 27.2. The zero-order chi connectivity index (χ0) is 34.8. The van der Waals surface area contributed by atoms with Gasteiger partial charge in [-0.3, -0.25) is 0 Å². The standard InChI is InChI=1S/C40H32BrNO7S/c1-24-20-25(2)36-31(21-24)42(30-19-18-29(41)22-33(30)50-36)37-35(49-40(45)28-16-10-5-11-17-28)34(48-39(44)27-14-8-4-9-15-27)32(47-37)23-46-38(43)26-12-6-3-7-13-26/h3-22,32,34-35,37H,23H2,1-2H3/t32-,34-,35-,37-/m1/s1. The maximum Gasteiger partial charge on any atom is 0.338 e. The van der Waals surface area contributed by atoms with Gasteiger partial charge in [0.2, 0.25) is 0 Å². The van der Waals surface area contributed by atoms with Crippen molar-refractivity contribution in [3.05, 3.63) is 154 Å². The van der Waals surface area contributed by atoms with Crippen LogP contribution in [0.15, 0.2) is 136 Å². The molecule has 0 aliphatic carbocycles. The van der Waals surface area contributed by atoms with Crippen molar-refractivity contribution < 1.29 is 33.3 Å². The Labute approximate surface area is 302 Å². The van der Waals surface area contributed by atoms with Gasteiger partial charge >= 0.3 is 17.9 Å². The smallest absolute Gasteiger partial charge is 0.338 e. The highest BCUT2D eigenvalue weighted by molar-refractivity contribution is 9.10. The largest absolute Gasteiger partial charge is 0.459 e. The lowest BCUT2D eigenvalue weighted by Gasteiger charge is -2.39. The number of rotatable bonds is 8. The average Bonchev–Trinajstić information content (AvgIpc) is 3.46. The number of fused-ring (bicyclic) bond motifs is 2. The van der Waals surface area contributed by atoms with Crippen LogP contribution in [0, 0.1) is 13.8 Å². The van der Waals surface area contributed by atoms with Crippen molar-refractivity contribution in [2.75, 3.05) is 11.5 Å². The molecule has 7 rings (SSSR count). The van der Waals surface area contributed by atoms with Crippen LogP contribution < -0.4 is 4.90 Å². The van der Waals surface area contributed by atoms with Gasteiger partial charge in [-0.2, -0.15) is 0 Å². The lowest BCUT2D eigenvalue weighted by Crippen LogP contribution is -2.47. The van der Waals surface area contributed by atoms with Crippen molar-refractivity contribution >= 4 is 57.0 Å². The molecule has 50 heavy (non-hydrogen) atoms. The average molecular weight is 751 g/mol. The van der Waals surface area contributed by atoms with Crippen LogP contribution in [0.25, 0.3) is 0 Å². The van der Waals surface area contributed by atoms with E-state index in [1.165, 1.54) is 0 Å². The van der Waals surface area contributed by atoms with E-state index in [1.54, 1.807) is 96.7 Å². The highest BCUT2D eigenvalue weighted by atomic mass is 79.9. The van der Waals surface area contributed by atoms with E-state index >= 15 is 0 Å². The minimum Gasteiger partial charge on any atom is -0.459 e. The van der Waals surface area contributed by atoms with Gasteiger partial charge in [0.05, 0.1) is 28.1 Å². The predicted molar refractivity (Wildman–Crippen MR) is 193 cm³/mol. The van der Waals surface area contributed by atoms with Gasteiger partial charge < -0.3 is 23.8 Å². The van der Waals surface area contributed by atoms with E-state index in [0.717, 1.165) is 36.8 Å². The third-order valence-electron chi connectivity index (χ3n) is 8.49. The molecule has 2 aliphatic rings. The van der Waals surface area contributed by atoms with Gasteiger partial charge in [0.25, 0.3) is 0 Å². The molecule has 0 unspecified atom stereocenters. The predicted octanol–water partition coefficient (Wildman–Crippen LogP) is 8.70. The van der Waals surface area contributed by atoms with E-state index in [4.69, 9.17) is 18.9 Å². The summed E-state index contributed by atoms with van der Waals surface area (Å²) in [5.41, 5.74) is 4.76. The fourth-order valence-electron chi connectivity index (χ4n) is 6.19. The number of esters is 3. The second-order valence-electron chi connectivity index (χ2n) is 12.0. The van der Waals surface area contributed by atoms with E-state index in [9.17, 15) is 14.4 Å². The quantitative estimate of drug-likeness (QED) is 0.114. The number of aryl methyl sites for hydroxylation is 2. The number of benzene rings is 5. The molecule has 0 radical (unpaired) electrons. The number of carbonyl (C=O) groups is 3. The molecule has 2 aliphatic heterocycles. The van der Waals surface area contributed by atoms with Gasteiger partial charge in [-0.15, -0.1) is 0 Å². The molecule has 0 aromatic heterocycles. The van der Waals surface area contributed by atoms with Crippen LogP contribution in [0.2, 0.25) is 0 Å². The maximum absolute atomic E-state index is 13.8. The third-order valence-corrected chi connectivity index (χ3v) is 10.3.